The van der Waals surface area contributed by atoms with Gasteiger partial charge in [0, 0.05) is 36.5 Å². The van der Waals surface area contributed by atoms with Gasteiger partial charge in [-0.1, -0.05) is 6.08 Å². The number of rotatable bonds is 5. The van der Waals surface area contributed by atoms with Crippen LogP contribution in [0.4, 0.5) is 14.5 Å². The average molecular weight is 352 g/mol. The van der Waals surface area contributed by atoms with Gasteiger partial charge in [-0.05, 0) is 30.6 Å². The molecule has 1 fully saturated rings. The van der Waals surface area contributed by atoms with Gasteiger partial charge in [-0.2, -0.15) is 8.78 Å². The SMILES string of the molecule is O=[N+]([O-])c1ccc(OC(F)F)c(/C=C2\CCC=C2N2CCOCC2)c1. The first-order valence-corrected chi connectivity index (χ1v) is 8.01. The van der Waals surface area contributed by atoms with Gasteiger partial charge in [0.2, 0.25) is 0 Å². The predicted octanol–water partition coefficient (Wildman–Crippen LogP) is 3.59. The Balaban J connectivity index is 1.93. The smallest absolute Gasteiger partial charge is 0.387 e. The van der Waals surface area contributed by atoms with Crippen molar-refractivity contribution in [3.05, 3.63) is 51.2 Å². The van der Waals surface area contributed by atoms with E-state index in [-0.39, 0.29) is 17.0 Å². The van der Waals surface area contributed by atoms with E-state index in [1.54, 1.807) is 6.08 Å². The molecule has 3 rings (SSSR count). The number of allylic oxidation sites excluding steroid dienone is 2. The van der Waals surface area contributed by atoms with Crippen LogP contribution in [-0.4, -0.2) is 42.7 Å². The Morgan fingerprint density at radius 3 is 2.76 bits per heavy atom. The van der Waals surface area contributed by atoms with Gasteiger partial charge in [0.25, 0.3) is 5.69 Å². The summed E-state index contributed by atoms with van der Waals surface area (Å²) in [5.74, 6) is -0.0682. The van der Waals surface area contributed by atoms with Crippen molar-refractivity contribution in [2.75, 3.05) is 26.3 Å². The Morgan fingerprint density at radius 2 is 2.08 bits per heavy atom. The Morgan fingerprint density at radius 1 is 1.32 bits per heavy atom. The highest BCUT2D eigenvalue weighted by Crippen LogP contribution is 2.34. The summed E-state index contributed by atoms with van der Waals surface area (Å²) in [6.45, 7) is -0.184. The summed E-state index contributed by atoms with van der Waals surface area (Å²) in [5.41, 5.74) is 2.12. The maximum atomic E-state index is 12.6. The molecule has 0 atom stereocenters. The van der Waals surface area contributed by atoms with Crippen LogP contribution in [0.2, 0.25) is 0 Å². The zero-order valence-electron chi connectivity index (χ0n) is 13.5. The molecule has 1 saturated heterocycles. The van der Waals surface area contributed by atoms with E-state index in [0.717, 1.165) is 43.3 Å². The van der Waals surface area contributed by atoms with Crippen LogP contribution in [0.25, 0.3) is 6.08 Å². The normalized spacial score (nSPS) is 19.4. The summed E-state index contributed by atoms with van der Waals surface area (Å²) in [7, 11) is 0. The molecule has 0 unspecified atom stereocenters. The molecule has 2 aliphatic rings. The molecule has 0 amide bonds. The third-order valence-electron chi connectivity index (χ3n) is 4.18. The topological polar surface area (TPSA) is 64.8 Å². The lowest BCUT2D eigenvalue weighted by atomic mass is 10.1. The molecular weight excluding hydrogens is 334 g/mol. The number of nitro benzene ring substituents is 1. The van der Waals surface area contributed by atoms with Crippen LogP contribution in [0.15, 0.2) is 35.5 Å². The number of ether oxygens (including phenoxy) is 2. The number of non-ortho nitro benzene ring substituents is 1. The maximum Gasteiger partial charge on any atom is 0.387 e. The molecule has 25 heavy (non-hydrogen) atoms. The monoisotopic (exact) mass is 352 g/mol. The zero-order valence-corrected chi connectivity index (χ0v) is 13.5. The molecule has 1 aliphatic heterocycles. The number of benzene rings is 1. The van der Waals surface area contributed by atoms with Crippen molar-refractivity contribution in [1.82, 2.24) is 4.90 Å². The highest BCUT2D eigenvalue weighted by molar-refractivity contribution is 5.66. The van der Waals surface area contributed by atoms with E-state index in [0.29, 0.717) is 13.2 Å². The molecule has 0 spiro atoms. The van der Waals surface area contributed by atoms with E-state index < -0.39 is 11.5 Å². The van der Waals surface area contributed by atoms with Gasteiger partial charge in [0.15, 0.2) is 0 Å². The molecule has 1 aliphatic carbocycles. The van der Waals surface area contributed by atoms with Crippen molar-refractivity contribution in [2.45, 2.75) is 19.5 Å². The van der Waals surface area contributed by atoms with Crippen LogP contribution in [0.3, 0.4) is 0 Å². The number of morpholine rings is 1. The summed E-state index contributed by atoms with van der Waals surface area (Å²) in [4.78, 5) is 12.6. The molecule has 0 bridgehead atoms. The number of hydrogen-bond acceptors (Lipinski definition) is 5. The zero-order chi connectivity index (χ0) is 17.8. The van der Waals surface area contributed by atoms with E-state index >= 15 is 0 Å². The van der Waals surface area contributed by atoms with E-state index in [4.69, 9.17) is 4.74 Å². The first kappa shape index (κ1) is 17.3. The molecule has 8 heteroatoms. The van der Waals surface area contributed by atoms with Gasteiger partial charge in [-0.15, -0.1) is 0 Å². The van der Waals surface area contributed by atoms with Gasteiger partial charge in [0.1, 0.15) is 5.75 Å². The molecule has 0 saturated carbocycles. The molecule has 134 valence electrons. The van der Waals surface area contributed by atoms with Crippen LogP contribution in [0.1, 0.15) is 18.4 Å². The second-order valence-corrected chi connectivity index (χ2v) is 5.75. The lowest BCUT2D eigenvalue weighted by Crippen LogP contribution is -2.35. The van der Waals surface area contributed by atoms with E-state index in [9.17, 15) is 18.9 Å². The van der Waals surface area contributed by atoms with E-state index in [2.05, 4.69) is 15.7 Å². The molecular formula is C17H18F2N2O4. The molecule has 1 aromatic rings. The van der Waals surface area contributed by atoms with Crippen LogP contribution in [0, 0.1) is 10.1 Å². The van der Waals surface area contributed by atoms with Crippen LogP contribution in [-0.2, 0) is 4.74 Å². The molecule has 0 radical (unpaired) electrons. The second-order valence-electron chi connectivity index (χ2n) is 5.75. The first-order valence-electron chi connectivity index (χ1n) is 8.01. The fraction of sp³-hybridized carbons (Fsp3) is 0.412. The maximum absolute atomic E-state index is 12.6. The fourth-order valence-electron chi connectivity index (χ4n) is 3.06. The minimum atomic E-state index is -2.99. The van der Waals surface area contributed by atoms with E-state index in [1.807, 2.05) is 0 Å². The summed E-state index contributed by atoms with van der Waals surface area (Å²) < 4.78 is 35.1. The number of halogens is 2. The standard InChI is InChI=1S/C17H18F2N2O4/c18-17(19)25-16-5-4-14(21(22)23)11-13(16)10-12-2-1-3-15(12)20-6-8-24-9-7-20/h3-5,10-11,17H,1-2,6-9H2/b12-10+. The molecule has 0 N–H and O–H groups in total. The van der Waals surface area contributed by atoms with Gasteiger partial charge in [0.05, 0.1) is 18.1 Å². The van der Waals surface area contributed by atoms with Crippen LogP contribution >= 0.6 is 0 Å². The highest BCUT2D eigenvalue weighted by Gasteiger charge is 2.22. The summed E-state index contributed by atoms with van der Waals surface area (Å²) in [6, 6.07) is 3.64. The van der Waals surface area contributed by atoms with Crippen molar-refractivity contribution in [1.29, 1.82) is 0 Å². The largest absolute Gasteiger partial charge is 0.434 e. The van der Waals surface area contributed by atoms with Crippen molar-refractivity contribution in [3.63, 3.8) is 0 Å². The summed E-state index contributed by atoms with van der Waals surface area (Å²) >= 11 is 0. The lowest BCUT2D eigenvalue weighted by molar-refractivity contribution is -0.384. The van der Waals surface area contributed by atoms with Crippen LogP contribution in [0.5, 0.6) is 5.75 Å². The van der Waals surface area contributed by atoms with Gasteiger partial charge in [-0.3, -0.25) is 10.1 Å². The number of hydrogen-bond donors (Lipinski definition) is 0. The number of alkyl halides is 2. The highest BCUT2D eigenvalue weighted by atomic mass is 19.3. The fourth-order valence-corrected chi connectivity index (χ4v) is 3.06. The van der Waals surface area contributed by atoms with Gasteiger partial charge < -0.3 is 14.4 Å². The van der Waals surface area contributed by atoms with Gasteiger partial charge >= 0.3 is 6.61 Å². The van der Waals surface area contributed by atoms with Gasteiger partial charge in [-0.25, -0.2) is 0 Å². The minimum absolute atomic E-state index is 0.0682. The quantitative estimate of drug-likeness (QED) is 0.598. The van der Waals surface area contributed by atoms with Crippen molar-refractivity contribution >= 4 is 11.8 Å². The Kier molecular flexibility index (Phi) is 5.28. The third-order valence-corrected chi connectivity index (χ3v) is 4.18. The van der Waals surface area contributed by atoms with Crippen molar-refractivity contribution < 1.29 is 23.2 Å². The summed E-state index contributed by atoms with van der Waals surface area (Å²) in [6.07, 6.45) is 5.41. The summed E-state index contributed by atoms with van der Waals surface area (Å²) in [5, 5.41) is 11.0. The Labute approximate surface area is 143 Å². The van der Waals surface area contributed by atoms with Crippen molar-refractivity contribution in [2.24, 2.45) is 0 Å². The average Bonchev–Trinajstić information content (AvgIpc) is 3.05. The third kappa shape index (κ3) is 4.14. The van der Waals surface area contributed by atoms with Crippen LogP contribution < -0.4 is 4.74 Å². The van der Waals surface area contributed by atoms with E-state index in [1.165, 1.54) is 12.1 Å². The molecule has 1 heterocycles. The lowest BCUT2D eigenvalue weighted by Gasteiger charge is -2.30. The Hall–Kier alpha value is -2.48. The molecule has 6 nitrogen and oxygen atoms in total. The van der Waals surface area contributed by atoms with Crippen molar-refractivity contribution in [3.8, 4) is 5.75 Å². The number of nitro groups is 1. The molecule has 0 aromatic heterocycles. The Bertz CT molecular complexity index is 713. The first-order chi connectivity index (χ1) is 12.0. The molecule has 1 aromatic carbocycles. The second kappa shape index (κ2) is 7.60. The predicted molar refractivity (Wildman–Crippen MR) is 87.4 cm³/mol. The minimum Gasteiger partial charge on any atom is -0.434 e. The number of nitrogens with zero attached hydrogens (tertiary/aromatic N) is 2.